The zero-order chi connectivity index (χ0) is 21.4. The lowest BCUT2D eigenvalue weighted by molar-refractivity contribution is -0.137. The number of aromatic nitrogens is 2. The quantitative estimate of drug-likeness (QED) is 0.675. The molecule has 2 heterocycles. The number of carbonyl (C=O) groups is 1. The van der Waals surface area contributed by atoms with Crippen molar-refractivity contribution in [1.82, 2.24) is 15.1 Å². The third-order valence-electron chi connectivity index (χ3n) is 6.57. The van der Waals surface area contributed by atoms with Gasteiger partial charge in [-0.2, -0.15) is 0 Å². The van der Waals surface area contributed by atoms with Crippen LogP contribution < -0.4 is 10.6 Å². The van der Waals surface area contributed by atoms with Crippen molar-refractivity contribution in [3.05, 3.63) is 53.6 Å². The summed E-state index contributed by atoms with van der Waals surface area (Å²) in [6.45, 7) is 2.76. The van der Waals surface area contributed by atoms with E-state index in [1.54, 1.807) is 0 Å². The Morgan fingerprint density at radius 2 is 1.55 bits per heavy atom. The molecule has 6 nitrogen and oxygen atoms in total. The van der Waals surface area contributed by atoms with Crippen LogP contribution in [0, 0.1) is 0 Å². The Kier molecular flexibility index (Phi) is 5.28. The number of hydrogen-bond donors (Lipinski definition) is 1. The van der Waals surface area contributed by atoms with Gasteiger partial charge < -0.3 is 15.5 Å². The molecule has 1 aliphatic carbocycles. The van der Waals surface area contributed by atoms with Crippen molar-refractivity contribution in [1.29, 1.82) is 0 Å². The molecule has 2 aromatic carbocycles. The van der Waals surface area contributed by atoms with Crippen molar-refractivity contribution in [3.63, 3.8) is 0 Å². The summed E-state index contributed by atoms with van der Waals surface area (Å²) in [6, 6.07) is 15.9. The van der Waals surface area contributed by atoms with Gasteiger partial charge in [0.05, 0.1) is 5.54 Å². The van der Waals surface area contributed by atoms with Crippen LogP contribution in [0.4, 0.5) is 5.82 Å². The highest BCUT2D eigenvalue weighted by atomic mass is 35.5. The van der Waals surface area contributed by atoms with Gasteiger partial charge in [0.1, 0.15) is 5.69 Å². The summed E-state index contributed by atoms with van der Waals surface area (Å²) in [6.07, 6.45) is 3.69. The van der Waals surface area contributed by atoms with Crippen molar-refractivity contribution in [2.75, 3.05) is 31.1 Å². The maximum Gasteiger partial charge on any atom is 0.242 e. The molecule has 1 saturated heterocycles. The van der Waals surface area contributed by atoms with Crippen LogP contribution in [0.2, 0.25) is 5.02 Å². The molecule has 7 heteroatoms. The Hall–Kier alpha value is -2.70. The number of hydrogen-bond acceptors (Lipinski definition) is 5. The average molecular weight is 436 g/mol. The summed E-state index contributed by atoms with van der Waals surface area (Å²) in [4.78, 5) is 17.1. The molecule has 160 valence electrons. The Morgan fingerprint density at radius 1 is 0.903 bits per heavy atom. The molecule has 0 spiro atoms. The van der Waals surface area contributed by atoms with Crippen molar-refractivity contribution in [3.8, 4) is 11.3 Å². The summed E-state index contributed by atoms with van der Waals surface area (Å²) in [5.41, 5.74) is 7.57. The first-order chi connectivity index (χ1) is 15.0. The average Bonchev–Trinajstić information content (AvgIpc) is 3.26. The van der Waals surface area contributed by atoms with Crippen LogP contribution >= 0.6 is 11.6 Å². The summed E-state index contributed by atoms with van der Waals surface area (Å²) < 4.78 is 0. The molecule has 2 N–H and O–H groups in total. The zero-order valence-electron chi connectivity index (χ0n) is 17.4. The molecule has 1 amide bonds. The Labute approximate surface area is 187 Å². The number of nitrogens with two attached hydrogens (primary N) is 1. The maximum absolute atomic E-state index is 12.9. The van der Waals surface area contributed by atoms with Gasteiger partial charge in [0, 0.05) is 47.5 Å². The molecule has 1 aromatic heterocycles. The Morgan fingerprint density at radius 3 is 2.23 bits per heavy atom. The SMILES string of the molecule is NC1(C(=O)N2CCN(c3nnc(-c4ccc(Cl)cc4)c4ccccc34)CC2)CCCC1. The lowest BCUT2D eigenvalue weighted by atomic mass is 9.97. The van der Waals surface area contributed by atoms with Gasteiger partial charge in [-0.05, 0) is 25.0 Å². The molecule has 31 heavy (non-hydrogen) atoms. The number of carbonyl (C=O) groups excluding carboxylic acids is 1. The molecule has 0 unspecified atom stereocenters. The third-order valence-corrected chi connectivity index (χ3v) is 6.83. The van der Waals surface area contributed by atoms with Gasteiger partial charge in [0.15, 0.2) is 5.82 Å². The monoisotopic (exact) mass is 435 g/mol. The van der Waals surface area contributed by atoms with Gasteiger partial charge in [0.2, 0.25) is 5.91 Å². The lowest BCUT2D eigenvalue weighted by Gasteiger charge is -2.39. The maximum atomic E-state index is 12.9. The Balaban J connectivity index is 1.40. The molecule has 2 fully saturated rings. The van der Waals surface area contributed by atoms with E-state index < -0.39 is 5.54 Å². The first-order valence-electron chi connectivity index (χ1n) is 10.9. The van der Waals surface area contributed by atoms with E-state index in [4.69, 9.17) is 17.3 Å². The first-order valence-corrected chi connectivity index (χ1v) is 11.3. The molecule has 0 atom stereocenters. The molecule has 0 radical (unpaired) electrons. The van der Waals surface area contributed by atoms with E-state index in [1.807, 2.05) is 41.3 Å². The number of piperazine rings is 1. The van der Waals surface area contributed by atoms with Crippen LogP contribution in [0.3, 0.4) is 0 Å². The van der Waals surface area contributed by atoms with E-state index in [0.29, 0.717) is 18.1 Å². The highest BCUT2D eigenvalue weighted by Crippen LogP contribution is 2.33. The Bertz CT molecular complexity index is 1100. The predicted octanol–water partition coefficient (Wildman–Crippen LogP) is 3.87. The van der Waals surface area contributed by atoms with Crippen molar-refractivity contribution in [2.45, 2.75) is 31.2 Å². The lowest BCUT2D eigenvalue weighted by Crippen LogP contribution is -2.58. The first kappa shape index (κ1) is 20.2. The van der Waals surface area contributed by atoms with Gasteiger partial charge in [-0.1, -0.05) is 60.8 Å². The van der Waals surface area contributed by atoms with E-state index in [-0.39, 0.29) is 5.91 Å². The van der Waals surface area contributed by atoms with Gasteiger partial charge in [-0.3, -0.25) is 4.79 Å². The smallest absolute Gasteiger partial charge is 0.242 e. The molecule has 1 aliphatic heterocycles. The highest BCUT2D eigenvalue weighted by Gasteiger charge is 2.40. The minimum atomic E-state index is -0.658. The minimum absolute atomic E-state index is 0.110. The fraction of sp³-hybridized carbons (Fsp3) is 0.375. The number of fused-ring (bicyclic) bond motifs is 1. The molecule has 5 rings (SSSR count). The minimum Gasteiger partial charge on any atom is -0.351 e. The van der Waals surface area contributed by atoms with E-state index >= 15 is 0 Å². The number of nitrogens with zero attached hydrogens (tertiary/aromatic N) is 4. The van der Waals surface area contributed by atoms with E-state index in [9.17, 15) is 4.79 Å². The standard InChI is InChI=1S/C24H26ClN5O/c25-18-9-7-17(8-10-18)21-19-5-1-2-6-20(19)22(28-27-21)29-13-15-30(16-14-29)23(31)24(26)11-3-4-12-24/h1-2,5-10H,3-4,11-16,26H2. The second-order valence-corrected chi connectivity index (χ2v) is 9.00. The molecule has 0 bridgehead atoms. The number of amides is 1. The highest BCUT2D eigenvalue weighted by molar-refractivity contribution is 6.30. The molecule has 3 aromatic rings. The summed E-state index contributed by atoms with van der Waals surface area (Å²) >= 11 is 6.05. The summed E-state index contributed by atoms with van der Waals surface area (Å²) in [7, 11) is 0. The zero-order valence-corrected chi connectivity index (χ0v) is 18.2. The van der Waals surface area contributed by atoms with Crippen LogP contribution in [-0.4, -0.2) is 52.7 Å². The number of rotatable bonds is 3. The molecular weight excluding hydrogens is 410 g/mol. The number of anilines is 1. The van der Waals surface area contributed by atoms with E-state index in [2.05, 4.69) is 27.2 Å². The van der Waals surface area contributed by atoms with Gasteiger partial charge >= 0.3 is 0 Å². The van der Waals surface area contributed by atoms with Crippen LogP contribution in [0.5, 0.6) is 0 Å². The van der Waals surface area contributed by atoms with E-state index in [0.717, 1.165) is 66.6 Å². The van der Waals surface area contributed by atoms with Gasteiger partial charge in [-0.25, -0.2) is 0 Å². The predicted molar refractivity (Wildman–Crippen MR) is 124 cm³/mol. The molecule has 1 saturated carbocycles. The fourth-order valence-corrected chi connectivity index (χ4v) is 4.93. The summed E-state index contributed by atoms with van der Waals surface area (Å²) in [5.74, 6) is 0.974. The number of halogens is 1. The van der Waals surface area contributed by atoms with E-state index in [1.165, 1.54) is 0 Å². The van der Waals surface area contributed by atoms with Crippen molar-refractivity contribution < 1.29 is 4.79 Å². The van der Waals surface area contributed by atoms with Crippen LogP contribution in [0.25, 0.3) is 22.0 Å². The van der Waals surface area contributed by atoms with Crippen LogP contribution in [0.1, 0.15) is 25.7 Å². The summed E-state index contributed by atoms with van der Waals surface area (Å²) in [5, 5.41) is 12.0. The fourth-order valence-electron chi connectivity index (χ4n) is 4.80. The molecular formula is C24H26ClN5O. The van der Waals surface area contributed by atoms with Crippen molar-refractivity contribution in [2.24, 2.45) is 5.73 Å². The topological polar surface area (TPSA) is 75.4 Å². The normalized spacial score (nSPS) is 18.5. The van der Waals surface area contributed by atoms with Crippen molar-refractivity contribution >= 4 is 34.1 Å². The largest absolute Gasteiger partial charge is 0.351 e. The van der Waals surface area contributed by atoms with Crippen LogP contribution in [-0.2, 0) is 4.79 Å². The van der Waals surface area contributed by atoms with Gasteiger partial charge in [-0.15, -0.1) is 10.2 Å². The van der Waals surface area contributed by atoms with Crippen LogP contribution in [0.15, 0.2) is 48.5 Å². The third kappa shape index (κ3) is 3.75. The second kappa shape index (κ2) is 8.09. The second-order valence-electron chi connectivity index (χ2n) is 8.57. The van der Waals surface area contributed by atoms with Gasteiger partial charge in [0.25, 0.3) is 0 Å². The number of benzene rings is 2. The molecule has 2 aliphatic rings.